The molecule has 10 heteroatoms. The minimum atomic E-state index is -0.232. The number of hydrogen-bond acceptors (Lipinski definition) is 8. The van der Waals surface area contributed by atoms with E-state index in [2.05, 4.69) is 32.1 Å². The molecule has 1 amide bonds. The van der Waals surface area contributed by atoms with Crippen molar-refractivity contribution < 1.29 is 14.3 Å². The maximum Gasteiger partial charge on any atom is 0.222 e. The lowest BCUT2D eigenvalue weighted by atomic mass is 9.97. The summed E-state index contributed by atoms with van der Waals surface area (Å²) in [5.74, 6) is 1.82. The second kappa shape index (κ2) is 11.7. The Kier molecular flexibility index (Phi) is 7.97. The van der Waals surface area contributed by atoms with Crippen LogP contribution in [0.15, 0.2) is 48.9 Å². The first-order valence-corrected chi connectivity index (χ1v) is 13.3. The van der Waals surface area contributed by atoms with Gasteiger partial charge in [0.1, 0.15) is 5.82 Å². The van der Waals surface area contributed by atoms with Crippen molar-refractivity contribution in [2.75, 3.05) is 50.2 Å². The Balaban J connectivity index is 1.47. The number of nitrogens with zero attached hydrogens (tertiary/aromatic N) is 5. The third-order valence-electron chi connectivity index (χ3n) is 7.57. The third kappa shape index (κ3) is 5.70. The molecule has 0 radical (unpaired) electrons. The van der Waals surface area contributed by atoms with Crippen LogP contribution in [0.4, 0.5) is 17.2 Å². The number of aromatic nitrogens is 3. The second-order valence-electron chi connectivity index (χ2n) is 9.99. The van der Waals surface area contributed by atoms with Gasteiger partial charge in [0.05, 0.1) is 38.1 Å². The summed E-state index contributed by atoms with van der Waals surface area (Å²) in [6, 6.07) is 10.4. The molecule has 3 aromatic rings. The molecule has 0 bridgehead atoms. The highest BCUT2D eigenvalue weighted by Crippen LogP contribution is 2.34. The number of nitrogens with one attached hydrogen (secondary N) is 1. The molecule has 0 spiro atoms. The van der Waals surface area contributed by atoms with Gasteiger partial charge in [0, 0.05) is 43.8 Å². The Morgan fingerprint density at radius 3 is 2.71 bits per heavy atom. The van der Waals surface area contributed by atoms with Crippen LogP contribution in [0.25, 0.3) is 0 Å². The molecule has 2 fully saturated rings. The lowest BCUT2D eigenvalue weighted by Crippen LogP contribution is -2.41. The zero-order valence-electron chi connectivity index (χ0n) is 22.2. The smallest absolute Gasteiger partial charge is 0.222 e. The van der Waals surface area contributed by atoms with E-state index in [0.717, 1.165) is 68.1 Å². The van der Waals surface area contributed by atoms with Gasteiger partial charge in [-0.3, -0.25) is 9.48 Å². The van der Waals surface area contributed by atoms with Crippen molar-refractivity contribution in [2.24, 2.45) is 11.7 Å². The first-order chi connectivity index (χ1) is 18.6. The number of anilines is 3. The number of benzene rings is 1. The van der Waals surface area contributed by atoms with E-state index in [9.17, 15) is 4.79 Å². The Labute approximate surface area is 223 Å². The molecule has 0 aliphatic carbocycles. The number of methoxy groups -OCH3 is 2. The van der Waals surface area contributed by atoms with Crippen LogP contribution in [-0.4, -0.2) is 61.1 Å². The standard InChI is InChI=1S/C28H37N7O3/c1-37-25-6-5-20(14-26(25)38-2)17-34(24-16-32-35(19-24)22-7-10-30-11-8-22)27-15-23(9-12-31-27)33-13-3-4-21(18-33)28(29)36/h5-6,9,12,14-16,19,21-22,30H,3-4,7-8,10-11,13,17-18H2,1-2H3,(H2,29,36)/t21-/m1/s1. The molecule has 1 atom stereocenters. The Morgan fingerprint density at radius 1 is 1.13 bits per heavy atom. The van der Waals surface area contributed by atoms with Gasteiger partial charge in [0.2, 0.25) is 5.91 Å². The number of primary amides is 1. The van der Waals surface area contributed by atoms with E-state index in [4.69, 9.17) is 25.3 Å². The Morgan fingerprint density at radius 2 is 1.95 bits per heavy atom. The number of carbonyl (C=O) groups is 1. The highest BCUT2D eigenvalue weighted by molar-refractivity contribution is 5.77. The maximum absolute atomic E-state index is 11.9. The van der Waals surface area contributed by atoms with E-state index in [1.165, 1.54) is 0 Å². The van der Waals surface area contributed by atoms with E-state index in [-0.39, 0.29) is 11.8 Å². The maximum atomic E-state index is 11.9. The number of nitrogens with two attached hydrogens (primary N) is 1. The van der Waals surface area contributed by atoms with Crippen molar-refractivity contribution in [3.63, 3.8) is 0 Å². The van der Waals surface area contributed by atoms with Gasteiger partial charge in [-0.15, -0.1) is 0 Å². The molecule has 4 heterocycles. The fraction of sp³-hybridized carbons (Fsp3) is 0.464. The number of piperidine rings is 2. The van der Waals surface area contributed by atoms with Crippen molar-refractivity contribution in [1.29, 1.82) is 0 Å². The van der Waals surface area contributed by atoms with E-state index in [1.54, 1.807) is 14.2 Å². The predicted molar refractivity (Wildman–Crippen MR) is 147 cm³/mol. The van der Waals surface area contributed by atoms with E-state index in [1.807, 2.05) is 36.7 Å². The van der Waals surface area contributed by atoms with Crippen LogP contribution in [0.2, 0.25) is 0 Å². The number of pyridine rings is 1. The van der Waals surface area contributed by atoms with Gasteiger partial charge >= 0.3 is 0 Å². The minimum absolute atomic E-state index is 0.133. The number of ether oxygens (including phenoxy) is 2. The molecule has 38 heavy (non-hydrogen) atoms. The van der Waals surface area contributed by atoms with Crippen molar-refractivity contribution in [3.8, 4) is 11.5 Å². The molecule has 5 rings (SSSR count). The Bertz CT molecular complexity index is 1240. The molecule has 202 valence electrons. The zero-order valence-corrected chi connectivity index (χ0v) is 22.2. The first kappa shape index (κ1) is 25.8. The first-order valence-electron chi connectivity index (χ1n) is 13.3. The number of carbonyl (C=O) groups excluding carboxylic acids is 1. The van der Waals surface area contributed by atoms with E-state index in [0.29, 0.717) is 30.6 Å². The molecular weight excluding hydrogens is 482 g/mol. The quantitative estimate of drug-likeness (QED) is 0.443. The topological polar surface area (TPSA) is 111 Å². The summed E-state index contributed by atoms with van der Waals surface area (Å²) < 4.78 is 13.1. The van der Waals surface area contributed by atoms with Crippen LogP contribution < -0.4 is 30.3 Å². The van der Waals surface area contributed by atoms with Crippen molar-refractivity contribution >= 4 is 23.1 Å². The summed E-state index contributed by atoms with van der Waals surface area (Å²) in [5, 5.41) is 8.17. The summed E-state index contributed by atoms with van der Waals surface area (Å²) in [4.78, 5) is 21.0. The lowest BCUT2D eigenvalue weighted by Gasteiger charge is -2.33. The third-order valence-corrected chi connectivity index (χ3v) is 7.57. The van der Waals surface area contributed by atoms with Crippen molar-refractivity contribution in [2.45, 2.75) is 38.3 Å². The van der Waals surface area contributed by atoms with Crippen molar-refractivity contribution in [3.05, 3.63) is 54.5 Å². The monoisotopic (exact) mass is 519 g/mol. The SMILES string of the molecule is COc1ccc(CN(c2cnn(C3CCNCC3)c2)c2cc(N3CCC[C@@H](C(N)=O)C3)ccn2)cc1OC. The average molecular weight is 520 g/mol. The summed E-state index contributed by atoms with van der Waals surface area (Å²) >= 11 is 0. The molecule has 3 N–H and O–H groups in total. The van der Waals surface area contributed by atoms with Crippen molar-refractivity contribution in [1.82, 2.24) is 20.1 Å². The van der Waals surface area contributed by atoms with Gasteiger partial charge in [0.25, 0.3) is 0 Å². The van der Waals surface area contributed by atoms with Gasteiger partial charge in [-0.05, 0) is 62.5 Å². The van der Waals surface area contributed by atoms with E-state index < -0.39 is 0 Å². The normalized spacial score (nSPS) is 18.3. The highest BCUT2D eigenvalue weighted by atomic mass is 16.5. The van der Waals surface area contributed by atoms with Crippen LogP contribution in [0, 0.1) is 5.92 Å². The van der Waals surface area contributed by atoms with Crippen LogP contribution >= 0.6 is 0 Å². The summed E-state index contributed by atoms with van der Waals surface area (Å²) in [7, 11) is 3.28. The Hall–Kier alpha value is -3.79. The molecular formula is C28H37N7O3. The minimum Gasteiger partial charge on any atom is -0.493 e. The van der Waals surface area contributed by atoms with Crippen LogP contribution in [-0.2, 0) is 11.3 Å². The van der Waals surface area contributed by atoms with E-state index >= 15 is 0 Å². The van der Waals surface area contributed by atoms with Crippen LogP contribution in [0.5, 0.6) is 11.5 Å². The molecule has 1 aromatic carbocycles. The molecule has 2 saturated heterocycles. The average Bonchev–Trinajstić information content (AvgIpc) is 3.46. The summed E-state index contributed by atoms with van der Waals surface area (Å²) in [6.07, 6.45) is 9.75. The molecule has 2 aromatic heterocycles. The molecule has 0 saturated carbocycles. The number of rotatable bonds is 9. The van der Waals surface area contributed by atoms with Crippen LogP contribution in [0.3, 0.4) is 0 Å². The summed E-state index contributed by atoms with van der Waals surface area (Å²) in [6.45, 7) is 4.08. The number of amides is 1. The zero-order chi connectivity index (χ0) is 26.5. The fourth-order valence-electron chi connectivity index (χ4n) is 5.40. The molecule has 2 aliphatic rings. The molecule has 2 aliphatic heterocycles. The highest BCUT2D eigenvalue weighted by Gasteiger charge is 2.25. The fourth-order valence-corrected chi connectivity index (χ4v) is 5.40. The second-order valence-corrected chi connectivity index (χ2v) is 9.99. The number of hydrogen-bond donors (Lipinski definition) is 2. The van der Waals surface area contributed by atoms with Crippen LogP contribution in [0.1, 0.15) is 37.3 Å². The largest absolute Gasteiger partial charge is 0.493 e. The molecule has 0 unspecified atom stereocenters. The van der Waals surface area contributed by atoms with Gasteiger partial charge in [-0.2, -0.15) is 5.10 Å². The lowest BCUT2D eigenvalue weighted by molar-refractivity contribution is -0.122. The molecule has 10 nitrogen and oxygen atoms in total. The van der Waals surface area contributed by atoms with Gasteiger partial charge in [-0.25, -0.2) is 4.98 Å². The van der Waals surface area contributed by atoms with Gasteiger partial charge < -0.3 is 30.3 Å². The summed E-state index contributed by atoms with van der Waals surface area (Å²) in [5.41, 5.74) is 8.69. The van der Waals surface area contributed by atoms with Gasteiger partial charge in [0.15, 0.2) is 11.5 Å². The predicted octanol–water partition coefficient (Wildman–Crippen LogP) is 3.26. The van der Waals surface area contributed by atoms with Gasteiger partial charge in [-0.1, -0.05) is 6.07 Å².